The van der Waals surface area contributed by atoms with Gasteiger partial charge >= 0.3 is 64.2 Å². The molecule has 1 atom stereocenters. The summed E-state index contributed by atoms with van der Waals surface area (Å²) in [5.41, 5.74) is -2.14. The number of benzene rings is 2. The molecule has 0 bridgehead atoms. The number of halogens is 6. The summed E-state index contributed by atoms with van der Waals surface area (Å²) in [6, 6.07) is 16.2. The summed E-state index contributed by atoms with van der Waals surface area (Å²) in [6.45, 7) is -1.36. The van der Waals surface area contributed by atoms with E-state index in [-0.39, 0.29) is 68.2 Å². The Morgan fingerprint density at radius 3 is 1.46 bits per heavy atom. The fourth-order valence-corrected chi connectivity index (χ4v) is 1.60. The summed E-state index contributed by atoms with van der Waals surface area (Å²) in [6.07, 6.45) is -4.64. The first-order valence-electron chi connectivity index (χ1n) is 7.22. The Morgan fingerprint density at radius 2 is 1.21 bits per heavy atom. The second-order valence-electron chi connectivity index (χ2n) is 5.11. The molecule has 0 aliphatic heterocycles. The van der Waals surface area contributed by atoms with Gasteiger partial charge in [0.25, 0.3) is 0 Å². The van der Waals surface area contributed by atoms with Crippen molar-refractivity contribution in [2.24, 2.45) is 0 Å². The Labute approximate surface area is 201 Å². The number of aliphatic hydroxyl groups is 1. The minimum atomic E-state index is -4.64. The third-order valence-corrected chi connectivity index (χ3v) is 3.07. The van der Waals surface area contributed by atoms with Crippen molar-refractivity contribution >= 4 is 5.78 Å². The Balaban J connectivity index is -0.000000366. The number of hydrogen-bond donors (Lipinski definition) is 1. The predicted molar refractivity (Wildman–Crippen MR) is 87.6 cm³/mol. The van der Waals surface area contributed by atoms with Crippen LogP contribution in [0.4, 0.5) is 26.3 Å². The van der Waals surface area contributed by atoms with E-state index in [0.717, 1.165) is 12.5 Å². The van der Waals surface area contributed by atoms with Crippen LogP contribution in [0.5, 0.6) is 0 Å². The zero-order valence-corrected chi connectivity index (χ0v) is 18.5. The summed E-state index contributed by atoms with van der Waals surface area (Å²) in [7, 11) is 0. The van der Waals surface area contributed by atoms with Gasteiger partial charge in [-0.05, 0) is 19.4 Å². The molecule has 0 aliphatic carbocycles. The quantitative estimate of drug-likeness (QED) is 0.447. The molecule has 2 aromatic carbocycles. The Bertz CT molecular complexity index is 647. The Hall–Kier alpha value is -0.754. The summed E-state index contributed by atoms with van der Waals surface area (Å²) in [5.74, 6) is 0.121. The molecule has 0 radical (unpaired) electrons. The van der Waals surface area contributed by atoms with Crippen LogP contribution in [-0.2, 0) is 5.60 Å². The maximum absolute atomic E-state index is 12.3. The monoisotopic (exact) mass is 436 g/mol. The number of hydrogen-bond acceptors (Lipinski definition) is 3. The van der Waals surface area contributed by atoms with Crippen LogP contribution < -0.4 is 51.4 Å². The summed E-state index contributed by atoms with van der Waals surface area (Å²) >= 11 is 0. The van der Waals surface area contributed by atoms with Crippen LogP contribution in [0.15, 0.2) is 60.7 Å². The van der Waals surface area contributed by atoms with E-state index in [1.165, 1.54) is 24.3 Å². The summed E-state index contributed by atoms with van der Waals surface area (Å²) in [5, 5.41) is 9.20. The van der Waals surface area contributed by atoms with Gasteiger partial charge in [-0.15, -0.1) is 0 Å². The molecule has 0 aliphatic rings. The number of Topliss-reactive ketones (excluding diaryl/α,β-unsaturated/α-hetero) is 1. The van der Waals surface area contributed by atoms with Crippen LogP contribution >= 0.6 is 0 Å². The Kier molecular flexibility index (Phi) is 17.3. The average molecular weight is 436 g/mol. The standard InChI is InChI=1S/C9H9F3O.C8H8O.CHF3.K.H2O/c1-8(13,9(10,11)12)7-5-3-2-4-6-7;1-7(9)8-5-3-2-4-6-8;2-1(3)4;;/h2-6,13H,1H3;2-6H,1H3;1H;;1H2/q;;;+1;/p-1. The fraction of sp³-hybridized carbons (Fsp3) is 0.278. The maximum atomic E-state index is 12.3. The van der Waals surface area contributed by atoms with Gasteiger partial charge < -0.3 is 10.6 Å². The first kappa shape index (κ1) is 31.9. The smallest absolute Gasteiger partial charge is 0.870 e. The van der Waals surface area contributed by atoms with Crippen LogP contribution in [-0.4, -0.2) is 29.2 Å². The number of ketones is 1. The van der Waals surface area contributed by atoms with E-state index in [0.29, 0.717) is 0 Å². The van der Waals surface area contributed by atoms with Crippen molar-refractivity contribution in [2.45, 2.75) is 32.3 Å². The van der Waals surface area contributed by atoms with E-state index >= 15 is 0 Å². The largest absolute Gasteiger partial charge is 1.00 e. The van der Waals surface area contributed by atoms with E-state index in [9.17, 15) is 36.2 Å². The first-order valence-corrected chi connectivity index (χ1v) is 7.22. The van der Waals surface area contributed by atoms with Gasteiger partial charge in [-0.2, -0.15) is 26.3 Å². The van der Waals surface area contributed by atoms with E-state index in [2.05, 4.69) is 0 Å². The van der Waals surface area contributed by atoms with Crippen molar-refractivity contribution in [3.63, 3.8) is 0 Å². The molecule has 2 N–H and O–H groups in total. The molecule has 2 rings (SSSR count). The van der Waals surface area contributed by atoms with Crippen LogP contribution in [0.2, 0.25) is 0 Å². The molecular weight excluding hydrogens is 417 g/mol. The van der Waals surface area contributed by atoms with Crippen molar-refractivity contribution in [2.75, 3.05) is 0 Å². The number of alkyl halides is 6. The molecule has 28 heavy (non-hydrogen) atoms. The number of carbonyl (C=O) groups excluding carboxylic acids is 1. The van der Waals surface area contributed by atoms with Gasteiger partial charge in [0.2, 0.25) is 0 Å². The van der Waals surface area contributed by atoms with E-state index in [4.69, 9.17) is 0 Å². The molecule has 0 saturated heterocycles. The summed E-state index contributed by atoms with van der Waals surface area (Å²) < 4.78 is 65.8. The fourth-order valence-electron chi connectivity index (χ4n) is 1.60. The van der Waals surface area contributed by atoms with Crippen molar-refractivity contribution < 1.29 is 93.1 Å². The second-order valence-corrected chi connectivity index (χ2v) is 5.11. The molecule has 0 fully saturated rings. The molecule has 2 aromatic rings. The van der Waals surface area contributed by atoms with Crippen LogP contribution in [0.25, 0.3) is 0 Å². The van der Waals surface area contributed by atoms with Gasteiger partial charge in [-0.3, -0.25) is 4.79 Å². The van der Waals surface area contributed by atoms with E-state index in [1.807, 2.05) is 30.3 Å². The van der Waals surface area contributed by atoms with Crippen molar-refractivity contribution in [1.82, 2.24) is 0 Å². The molecule has 0 aromatic heterocycles. The Morgan fingerprint density at radius 1 is 0.893 bits per heavy atom. The maximum Gasteiger partial charge on any atom is 1.00 e. The molecule has 0 saturated carbocycles. The number of carbonyl (C=O) groups is 1. The average Bonchev–Trinajstić information content (AvgIpc) is 2.55. The van der Waals surface area contributed by atoms with Crippen LogP contribution in [0, 0.1) is 0 Å². The van der Waals surface area contributed by atoms with Gasteiger partial charge in [0.1, 0.15) is 0 Å². The minimum absolute atomic E-state index is 0. The second kappa shape index (κ2) is 15.1. The zero-order chi connectivity index (χ0) is 20.4. The van der Waals surface area contributed by atoms with Crippen LogP contribution in [0.1, 0.15) is 29.8 Å². The topological polar surface area (TPSA) is 67.3 Å². The van der Waals surface area contributed by atoms with Crippen molar-refractivity contribution in [3.8, 4) is 0 Å². The molecule has 152 valence electrons. The molecule has 1 unspecified atom stereocenters. The third-order valence-electron chi connectivity index (χ3n) is 3.07. The van der Waals surface area contributed by atoms with Crippen molar-refractivity contribution in [1.29, 1.82) is 0 Å². The zero-order valence-electron chi connectivity index (χ0n) is 15.4. The minimum Gasteiger partial charge on any atom is -0.870 e. The van der Waals surface area contributed by atoms with Gasteiger partial charge in [0, 0.05) is 5.56 Å². The molecule has 3 nitrogen and oxygen atoms in total. The predicted octanol–water partition coefficient (Wildman–Crippen LogP) is 2.35. The first-order chi connectivity index (χ1) is 11.9. The van der Waals surface area contributed by atoms with E-state index in [1.54, 1.807) is 13.0 Å². The normalized spacial score (nSPS) is 11.9. The number of rotatable bonds is 2. The van der Waals surface area contributed by atoms with Gasteiger partial charge in [-0.1, -0.05) is 60.7 Å². The summed E-state index contributed by atoms with van der Waals surface area (Å²) in [4.78, 5) is 10.6. The van der Waals surface area contributed by atoms with E-state index < -0.39 is 18.5 Å². The third kappa shape index (κ3) is 12.7. The molecular formula is C18H19F6KO3. The molecule has 10 heteroatoms. The van der Waals surface area contributed by atoms with Crippen molar-refractivity contribution in [3.05, 3.63) is 71.8 Å². The van der Waals surface area contributed by atoms with Gasteiger partial charge in [-0.25, -0.2) is 0 Å². The van der Waals surface area contributed by atoms with Gasteiger partial charge in [0.05, 0.1) is 0 Å². The molecule has 0 spiro atoms. The molecule has 0 heterocycles. The van der Waals surface area contributed by atoms with Crippen LogP contribution in [0.3, 0.4) is 0 Å². The SMILES string of the molecule is CC(=O)c1ccccc1.CC(O)(c1ccccc1)C(F)(F)F.FC(F)F.[K+].[OH-]. The van der Waals surface area contributed by atoms with Gasteiger partial charge in [0.15, 0.2) is 11.4 Å². The molecule has 0 amide bonds.